The minimum atomic E-state index is -0.197. The SMILES string of the molecule is CCN(CC1(CN)CCCOC1)c1cccc(F)c1. The first-order chi connectivity index (χ1) is 9.19. The van der Waals surface area contributed by atoms with Gasteiger partial charge < -0.3 is 15.4 Å². The molecule has 0 aromatic heterocycles. The average molecular weight is 266 g/mol. The van der Waals surface area contributed by atoms with Gasteiger partial charge in [-0.25, -0.2) is 4.39 Å². The maximum atomic E-state index is 13.3. The molecule has 1 unspecified atom stereocenters. The van der Waals surface area contributed by atoms with Crippen LogP contribution in [-0.2, 0) is 4.74 Å². The van der Waals surface area contributed by atoms with Gasteiger partial charge in [-0.1, -0.05) is 6.07 Å². The van der Waals surface area contributed by atoms with Crippen LogP contribution in [-0.4, -0.2) is 32.8 Å². The second-order valence-electron chi connectivity index (χ2n) is 5.35. The van der Waals surface area contributed by atoms with E-state index in [0.717, 1.165) is 38.2 Å². The summed E-state index contributed by atoms with van der Waals surface area (Å²) < 4.78 is 18.9. The molecular formula is C15H23FN2O. The molecule has 0 spiro atoms. The van der Waals surface area contributed by atoms with Crippen molar-refractivity contribution in [3.8, 4) is 0 Å². The normalized spacial score (nSPS) is 23.3. The number of rotatable bonds is 5. The third kappa shape index (κ3) is 3.45. The van der Waals surface area contributed by atoms with Gasteiger partial charge in [0.05, 0.1) is 6.61 Å². The van der Waals surface area contributed by atoms with Crippen molar-refractivity contribution < 1.29 is 9.13 Å². The first kappa shape index (κ1) is 14.3. The Morgan fingerprint density at radius 2 is 2.32 bits per heavy atom. The number of nitrogens with zero attached hydrogens (tertiary/aromatic N) is 1. The summed E-state index contributed by atoms with van der Waals surface area (Å²) in [6, 6.07) is 6.75. The summed E-state index contributed by atoms with van der Waals surface area (Å²) in [5.74, 6) is -0.197. The molecule has 2 rings (SSSR count). The lowest BCUT2D eigenvalue weighted by Gasteiger charge is -2.40. The fraction of sp³-hybridized carbons (Fsp3) is 0.600. The molecule has 1 aromatic carbocycles. The van der Waals surface area contributed by atoms with Gasteiger partial charge in [0.15, 0.2) is 0 Å². The maximum absolute atomic E-state index is 13.3. The highest BCUT2D eigenvalue weighted by Gasteiger charge is 2.33. The molecule has 0 amide bonds. The Kier molecular flexibility index (Phi) is 4.77. The predicted molar refractivity (Wildman–Crippen MR) is 75.8 cm³/mol. The van der Waals surface area contributed by atoms with Crippen molar-refractivity contribution in [1.29, 1.82) is 0 Å². The van der Waals surface area contributed by atoms with Crippen LogP contribution >= 0.6 is 0 Å². The minimum absolute atomic E-state index is 0.000573. The molecule has 1 aromatic rings. The molecule has 4 heteroatoms. The summed E-state index contributed by atoms with van der Waals surface area (Å²) >= 11 is 0. The monoisotopic (exact) mass is 266 g/mol. The number of hydrogen-bond donors (Lipinski definition) is 1. The molecule has 1 heterocycles. The largest absolute Gasteiger partial charge is 0.381 e. The van der Waals surface area contributed by atoms with Gasteiger partial charge >= 0.3 is 0 Å². The molecule has 0 bridgehead atoms. The van der Waals surface area contributed by atoms with E-state index in [-0.39, 0.29) is 11.2 Å². The molecule has 19 heavy (non-hydrogen) atoms. The van der Waals surface area contributed by atoms with Gasteiger partial charge in [-0.3, -0.25) is 0 Å². The third-order valence-electron chi connectivity index (χ3n) is 3.92. The fourth-order valence-electron chi connectivity index (χ4n) is 2.72. The van der Waals surface area contributed by atoms with Gasteiger partial charge in [-0.15, -0.1) is 0 Å². The van der Waals surface area contributed by atoms with Crippen molar-refractivity contribution >= 4 is 5.69 Å². The van der Waals surface area contributed by atoms with Gasteiger partial charge in [0.25, 0.3) is 0 Å². The van der Waals surface area contributed by atoms with E-state index in [4.69, 9.17) is 10.5 Å². The quantitative estimate of drug-likeness (QED) is 0.889. The molecule has 0 saturated carbocycles. The average Bonchev–Trinajstić information content (AvgIpc) is 2.46. The van der Waals surface area contributed by atoms with Gasteiger partial charge in [0.1, 0.15) is 5.82 Å². The van der Waals surface area contributed by atoms with E-state index in [0.29, 0.717) is 13.2 Å². The lowest BCUT2D eigenvalue weighted by atomic mass is 9.82. The van der Waals surface area contributed by atoms with Gasteiger partial charge in [0, 0.05) is 37.3 Å². The summed E-state index contributed by atoms with van der Waals surface area (Å²) in [6.07, 6.45) is 2.13. The Morgan fingerprint density at radius 3 is 2.89 bits per heavy atom. The molecule has 0 aliphatic carbocycles. The van der Waals surface area contributed by atoms with E-state index < -0.39 is 0 Å². The molecule has 2 N–H and O–H groups in total. The van der Waals surface area contributed by atoms with E-state index in [1.165, 1.54) is 6.07 Å². The van der Waals surface area contributed by atoms with Crippen LogP contribution in [0.1, 0.15) is 19.8 Å². The second kappa shape index (κ2) is 6.35. The molecule has 1 aliphatic rings. The third-order valence-corrected chi connectivity index (χ3v) is 3.92. The topological polar surface area (TPSA) is 38.5 Å². The van der Waals surface area contributed by atoms with Gasteiger partial charge in [-0.2, -0.15) is 0 Å². The van der Waals surface area contributed by atoms with E-state index in [9.17, 15) is 4.39 Å². The molecule has 1 fully saturated rings. The lowest BCUT2D eigenvalue weighted by Crippen LogP contribution is -2.48. The highest BCUT2D eigenvalue weighted by Crippen LogP contribution is 2.30. The fourth-order valence-corrected chi connectivity index (χ4v) is 2.72. The van der Waals surface area contributed by atoms with Crippen LogP contribution in [0.2, 0.25) is 0 Å². The maximum Gasteiger partial charge on any atom is 0.125 e. The summed E-state index contributed by atoms with van der Waals surface area (Å²) in [6.45, 7) is 5.88. The van der Waals surface area contributed by atoms with Gasteiger partial charge in [0.2, 0.25) is 0 Å². The second-order valence-corrected chi connectivity index (χ2v) is 5.35. The van der Waals surface area contributed by atoms with Crippen LogP contribution in [0.3, 0.4) is 0 Å². The summed E-state index contributed by atoms with van der Waals surface area (Å²) in [4.78, 5) is 2.19. The first-order valence-electron chi connectivity index (χ1n) is 6.97. The number of benzene rings is 1. The van der Waals surface area contributed by atoms with Crippen molar-refractivity contribution in [1.82, 2.24) is 0 Å². The van der Waals surface area contributed by atoms with Crippen LogP contribution in [0.5, 0.6) is 0 Å². The number of nitrogens with two attached hydrogens (primary N) is 1. The van der Waals surface area contributed by atoms with Crippen molar-refractivity contribution in [3.05, 3.63) is 30.1 Å². The zero-order chi connectivity index (χ0) is 13.7. The van der Waals surface area contributed by atoms with Crippen LogP contribution in [0, 0.1) is 11.2 Å². The van der Waals surface area contributed by atoms with Crippen LogP contribution < -0.4 is 10.6 Å². The number of halogens is 1. The summed E-state index contributed by atoms with van der Waals surface area (Å²) in [7, 11) is 0. The summed E-state index contributed by atoms with van der Waals surface area (Å²) in [5.41, 5.74) is 6.89. The van der Waals surface area contributed by atoms with Crippen molar-refractivity contribution in [3.63, 3.8) is 0 Å². The van der Waals surface area contributed by atoms with Crippen LogP contribution in [0.4, 0.5) is 10.1 Å². The Labute approximate surface area is 114 Å². The molecule has 106 valence electrons. The molecule has 0 radical (unpaired) electrons. The van der Waals surface area contributed by atoms with Crippen molar-refractivity contribution in [2.24, 2.45) is 11.1 Å². The number of ether oxygens (including phenoxy) is 1. The molecule has 3 nitrogen and oxygen atoms in total. The smallest absolute Gasteiger partial charge is 0.125 e. The van der Waals surface area contributed by atoms with Crippen molar-refractivity contribution in [2.45, 2.75) is 19.8 Å². The van der Waals surface area contributed by atoms with E-state index in [1.54, 1.807) is 12.1 Å². The molecule has 1 aliphatic heterocycles. The predicted octanol–water partition coefficient (Wildman–Crippen LogP) is 2.41. The molecule has 1 saturated heterocycles. The Bertz CT molecular complexity index is 405. The minimum Gasteiger partial charge on any atom is -0.381 e. The van der Waals surface area contributed by atoms with Crippen molar-refractivity contribution in [2.75, 3.05) is 37.7 Å². The van der Waals surface area contributed by atoms with Crippen LogP contribution in [0.25, 0.3) is 0 Å². The highest BCUT2D eigenvalue weighted by molar-refractivity contribution is 5.46. The van der Waals surface area contributed by atoms with E-state index in [2.05, 4.69) is 11.8 Å². The molecular weight excluding hydrogens is 243 g/mol. The lowest BCUT2D eigenvalue weighted by molar-refractivity contribution is 0.00129. The highest BCUT2D eigenvalue weighted by atomic mass is 19.1. The van der Waals surface area contributed by atoms with Gasteiger partial charge in [-0.05, 0) is 38.0 Å². The number of hydrogen-bond acceptors (Lipinski definition) is 3. The zero-order valence-electron chi connectivity index (χ0n) is 11.6. The molecule has 1 atom stereocenters. The van der Waals surface area contributed by atoms with Crippen LogP contribution in [0.15, 0.2) is 24.3 Å². The summed E-state index contributed by atoms with van der Waals surface area (Å²) in [5, 5.41) is 0. The van der Waals surface area contributed by atoms with E-state index in [1.807, 2.05) is 6.07 Å². The standard InChI is InChI=1S/C15H23FN2O/c1-2-18(14-6-3-5-13(16)9-14)11-15(10-17)7-4-8-19-12-15/h3,5-6,9H,2,4,7-8,10-12,17H2,1H3. The van der Waals surface area contributed by atoms with E-state index >= 15 is 0 Å². The first-order valence-corrected chi connectivity index (χ1v) is 6.97. The Morgan fingerprint density at radius 1 is 1.47 bits per heavy atom. The zero-order valence-corrected chi connectivity index (χ0v) is 11.6. The number of anilines is 1. The Hall–Kier alpha value is -1.13. The Balaban J connectivity index is 2.13.